The molecule has 0 aliphatic heterocycles. The van der Waals surface area contributed by atoms with Gasteiger partial charge in [-0.1, -0.05) is 78.1 Å². The standard InChI is InChI=1S/C23H37N3O6/c1-3-5-7-9-11-13-15-24(16-14-12-10-8-6-4-2)22-20(25(29)30)17-19(23(27)28)18-21(22)26(31)32/h17-18H,3-16H2,1-2H3,(H,27,28). The molecule has 0 fully saturated rings. The molecule has 32 heavy (non-hydrogen) atoms. The number of unbranched alkanes of at least 4 members (excludes halogenated alkanes) is 10. The Labute approximate surface area is 190 Å². The van der Waals surface area contributed by atoms with Gasteiger partial charge in [-0.15, -0.1) is 0 Å². The van der Waals surface area contributed by atoms with Crippen molar-refractivity contribution < 1.29 is 19.7 Å². The largest absolute Gasteiger partial charge is 0.478 e. The van der Waals surface area contributed by atoms with E-state index in [9.17, 15) is 30.1 Å². The molecule has 0 aliphatic rings. The second kappa shape index (κ2) is 15.2. The van der Waals surface area contributed by atoms with Crippen LogP contribution in [0, 0.1) is 20.2 Å². The molecule has 0 amide bonds. The minimum atomic E-state index is -1.43. The second-order valence-corrected chi connectivity index (χ2v) is 8.21. The summed E-state index contributed by atoms with van der Waals surface area (Å²) in [6.45, 7) is 5.22. The highest BCUT2D eigenvalue weighted by atomic mass is 16.6. The quantitative estimate of drug-likeness (QED) is 0.149. The Morgan fingerprint density at radius 3 is 1.50 bits per heavy atom. The number of rotatable bonds is 18. The van der Waals surface area contributed by atoms with Crippen LogP contribution < -0.4 is 4.90 Å². The van der Waals surface area contributed by atoms with Crippen LogP contribution in [0.1, 0.15) is 101 Å². The molecule has 180 valence electrons. The van der Waals surface area contributed by atoms with Crippen LogP contribution >= 0.6 is 0 Å². The Morgan fingerprint density at radius 1 is 0.781 bits per heavy atom. The first-order valence-corrected chi connectivity index (χ1v) is 11.8. The Balaban J connectivity index is 3.13. The molecule has 0 aliphatic carbocycles. The number of nitro benzene ring substituents is 2. The molecule has 1 aromatic rings. The minimum Gasteiger partial charge on any atom is -0.478 e. The van der Waals surface area contributed by atoms with Crippen molar-refractivity contribution in [3.05, 3.63) is 37.9 Å². The van der Waals surface area contributed by atoms with Gasteiger partial charge in [-0.2, -0.15) is 0 Å². The summed E-state index contributed by atoms with van der Waals surface area (Å²) in [5, 5.41) is 32.7. The average Bonchev–Trinajstić information content (AvgIpc) is 2.75. The number of benzene rings is 1. The smallest absolute Gasteiger partial charge is 0.336 e. The molecule has 0 aromatic heterocycles. The first-order valence-electron chi connectivity index (χ1n) is 11.8. The Morgan fingerprint density at radius 2 is 1.16 bits per heavy atom. The molecule has 1 rings (SSSR count). The maximum atomic E-state index is 11.7. The molecular formula is C23H37N3O6. The lowest BCUT2D eigenvalue weighted by molar-refractivity contribution is -0.392. The van der Waals surface area contributed by atoms with Gasteiger partial charge in [0, 0.05) is 25.2 Å². The second-order valence-electron chi connectivity index (χ2n) is 8.21. The number of carboxylic acid groups (broad SMARTS) is 1. The van der Waals surface area contributed by atoms with E-state index in [0.29, 0.717) is 13.1 Å². The van der Waals surface area contributed by atoms with Gasteiger partial charge in [0.05, 0.1) is 15.4 Å². The van der Waals surface area contributed by atoms with Gasteiger partial charge in [-0.25, -0.2) is 4.79 Å². The van der Waals surface area contributed by atoms with Gasteiger partial charge in [0.25, 0.3) is 0 Å². The summed E-state index contributed by atoms with van der Waals surface area (Å²) in [6.07, 6.45) is 12.4. The number of nitro groups is 2. The van der Waals surface area contributed by atoms with Crippen molar-refractivity contribution in [3.8, 4) is 0 Å². The van der Waals surface area contributed by atoms with Gasteiger partial charge in [0.1, 0.15) is 0 Å². The average molecular weight is 452 g/mol. The third kappa shape index (κ3) is 9.20. The van der Waals surface area contributed by atoms with Crippen molar-refractivity contribution in [3.63, 3.8) is 0 Å². The molecule has 0 spiro atoms. The van der Waals surface area contributed by atoms with Gasteiger partial charge in [-0.05, 0) is 12.8 Å². The normalized spacial score (nSPS) is 10.8. The molecule has 1 aromatic carbocycles. The lowest BCUT2D eigenvalue weighted by atomic mass is 10.1. The molecule has 9 nitrogen and oxygen atoms in total. The molecule has 0 radical (unpaired) electrons. The Bertz CT molecular complexity index is 702. The van der Waals surface area contributed by atoms with Gasteiger partial charge in [0.2, 0.25) is 0 Å². The fraction of sp³-hybridized carbons (Fsp3) is 0.696. The van der Waals surface area contributed by atoms with Crippen LogP contribution in [0.2, 0.25) is 0 Å². The lowest BCUT2D eigenvalue weighted by Crippen LogP contribution is -2.27. The minimum absolute atomic E-state index is 0.0767. The van der Waals surface area contributed by atoms with E-state index in [1.807, 2.05) is 0 Å². The third-order valence-corrected chi connectivity index (χ3v) is 5.59. The summed E-state index contributed by atoms with van der Waals surface area (Å²) in [5.41, 5.74) is -1.57. The number of carboxylic acids is 1. The third-order valence-electron chi connectivity index (χ3n) is 5.59. The summed E-state index contributed by atoms with van der Waals surface area (Å²) in [7, 11) is 0. The highest BCUT2D eigenvalue weighted by Crippen LogP contribution is 2.39. The Hall–Kier alpha value is -2.71. The SMILES string of the molecule is CCCCCCCCN(CCCCCCCC)c1c([N+](=O)[O-])cc(C(=O)O)cc1[N+](=O)[O-]. The predicted molar refractivity (Wildman–Crippen MR) is 126 cm³/mol. The maximum absolute atomic E-state index is 11.7. The molecular weight excluding hydrogens is 414 g/mol. The van der Waals surface area contributed by atoms with Crippen molar-refractivity contribution in [2.24, 2.45) is 0 Å². The van der Waals surface area contributed by atoms with Crippen molar-refractivity contribution >= 4 is 23.0 Å². The van der Waals surface area contributed by atoms with Crippen molar-refractivity contribution in [2.75, 3.05) is 18.0 Å². The van der Waals surface area contributed by atoms with Crippen LogP contribution in [0.5, 0.6) is 0 Å². The fourth-order valence-corrected chi connectivity index (χ4v) is 3.83. The van der Waals surface area contributed by atoms with E-state index in [1.165, 1.54) is 0 Å². The summed E-state index contributed by atoms with van der Waals surface area (Å²) in [5.74, 6) is -1.43. The predicted octanol–water partition coefficient (Wildman–Crippen LogP) is 6.73. The molecule has 0 saturated heterocycles. The van der Waals surface area contributed by atoms with E-state index >= 15 is 0 Å². The molecule has 0 saturated carbocycles. The van der Waals surface area contributed by atoms with Gasteiger partial charge in [0.15, 0.2) is 5.69 Å². The Kier molecular flexibility index (Phi) is 12.9. The van der Waals surface area contributed by atoms with Crippen LogP contribution in [0.4, 0.5) is 17.1 Å². The van der Waals surface area contributed by atoms with Crippen LogP contribution in [0.15, 0.2) is 12.1 Å². The number of carbonyl (C=O) groups is 1. The van der Waals surface area contributed by atoms with E-state index in [-0.39, 0.29) is 5.69 Å². The zero-order chi connectivity index (χ0) is 23.9. The van der Waals surface area contributed by atoms with Gasteiger partial charge < -0.3 is 10.0 Å². The monoisotopic (exact) mass is 451 g/mol. The topological polar surface area (TPSA) is 127 Å². The fourth-order valence-electron chi connectivity index (χ4n) is 3.83. The van der Waals surface area contributed by atoms with E-state index in [2.05, 4.69) is 13.8 Å². The highest BCUT2D eigenvalue weighted by molar-refractivity contribution is 5.92. The molecule has 0 atom stereocenters. The van der Waals surface area contributed by atoms with E-state index in [1.54, 1.807) is 4.90 Å². The van der Waals surface area contributed by atoms with E-state index in [4.69, 9.17) is 0 Å². The first kappa shape index (κ1) is 27.3. The number of hydrogen-bond donors (Lipinski definition) is 1. The summed E-state index contributed by atoms with van der Waals surface area (Å²) in [6, 6.07) is 1.86. The first-order chi connectivity index (χ1) is 15.3. The van der Waals surface area contributed by atoms with Crippen LogP contribution in [0.25, 0.3) is 0 Å². The molecule has 0 heterocycles. The molecule has 1 N–H and O–H groups in total. The van der Waals surface area contributed by atoms with E-state index in [0.717, 1.165) is 89.2 Å². The summed E-state index contributed by atoms with van der Waals surface area (Å²) >= 11 is 0. The summed E-state index contributed by atoms with van der Waals surface area (Å²) in [4.78, 5) is 35.1. The maximum Gasteiger partial charge on any atom is 0.336 e. The van der Waals surface area contributed by atoms with E-state index < -0.39 is 32.8 Å². The van der Waals surface area contributed by atoms with Crippen LogP contribution in [0.3, 0.4) is 0 Å². The number of anilines is 1. The number of nitrogens with zero attached hydrogens (tertiary/aromatic N) is 3. The molecule has 9 heteroatoms. The molecule has 0 unspecified atom stereocenters. The number of hydrogen-bond acceptors (Lipinski definition) is 6. The van der Waals surface area contributed by atoms with Crippen molar-refractivity contribution in [1.82, 2.24) is 0 Å². The van der Waals surface area contributed by atoms with Crippen LogP contribution in [-0.2, 0) is 0 Å². The highest BCUT2D eigenvalue weighted by Gasteiger charge is 2.32. The van der Waals surface area contributed by atoms with Crippen LogP contribution in [-0.4, -0.2) is 34.0 Å². The summed E-state index contributed by atoms with van der Waals surface area (Å²) < 4.78 is 0. The number of aromatic carboxylic acids is 1. The van der Waals surface area contributed by atoms with Crippen molar-refractivity contribution in [2.45, 2.75) is 90.9 Å². The van der Waals surface area contributed by atoms with Gasteiger partial charge in [-0.3, -0.25) is 20.2 Å². The molecule has 0 bridgehead atoms. The lowest BCUT2D eigenvalue weighted by Gasteiger charge is -2.24. The van der Waals surface area contributed by atoms with Crippen molar-refractivity contribution in [1.29, 1.82) is 0 Å². The zero-order valence-corrected chi connectivity index (χ0v) is 19.4. The zero-order valence-electron chi connectivity index (χ0n) is 19.4. The van der Waals surface area contributed by atoms with Gasteiger partial charge >= 0.3 is 17.3 Å².